The lowest BCUT2D eigenvalue weighted by Crippen LogP contribution is -2.35. The molecule has 2 N–H and O–H groups in total. The van der Waals surface area contributed by atoms with E-state index in [1.165, 1.54) is 0 Å². The van der Waals surface area contributed by atoms with E-state index in [0.29, 0.717) is 30.0 Å². The Morgan fingerprint density at radius 1 is 0.966 bits per heavy atom. The molecule has 0 saturated carbocycles. The van der Waals surface area contributed by atoms with E-state index in [1.807, 2.05) is 66.7 Å². The van der Waals surface area contributed by atoms with Crippen molar-refractivity contribution < 1.29 is 9.59 Å². The van der Waals surface area contributed by atoms with E-state index >= 15 is 0 Å². The third kappa shape index (κ3) is 3.64. The first kappa shape index (κ1) is 19.2. The predicted octanol–water partition coefficient (Wildman–Crippen LogP) is 4.32. The second kappa shape index (κ2) is 8.10. The SMILES string of the molecule is NC(=O)C1c2cc(CCCl)ccc2C(=O)N1Cc1ccccc1-c1ccccc1. The van der Waals surface area contributed by atoms with E-state index < -0.39 is 11.9 Å². The fraction of sp³-hybridized carbons (Fsp3) is 0.167. The van der Waals surface area contributed by atoms with Crippen molar-refractivity contribution in [3.63, 3.8) is 0 Å². The Bertz CT molecular complexity index is 1070. The molecule has 0 spiro atoms. The van der Waals surface area contributed by atoms with Gasteiger partial charge in [-0.05, 0) is 40.3 Å². The number of primary amides is 1. The highest BCUT2D eigenvalue weighted by molar-refractivity contribution is 6.18. The van der Waals surface area contributed by atoms with Crippen molar-refractivity contribution in [1.82, 2.24) is 4.90 Å². The summed E-state index contributed by atoms with van der Waals surface area (Å²) in [6.07, 6.45) is 0.672. The number of amides is 2. The average Bonchev–Trinajstić information content (AvgIpc) is 3.01. The highest BCUT2D eigenvalue weighted by atomic mass is 35.5. The zero-order chi connectivity index (χ0) is 20.4. The number of nitrogens with two attached hydrogens (primary N) is 1. The monoisotopic (exact) mass is 404 g/mol. The summed E-state index contributed by atoms with van der Waals surface area (Å²) in [5, 5.41) is 0. The molecule has 29 heavy (non-hydrogen) atoms. The van der Waals surface area contributed by atoms with Crippen molar-refractivity contribution in [2.45, 2.75) is 19.0 Å². The Hall–Kier alpha value is -3.11. The van der Waals surface area contributed by atoms with Crippen LogP contribution in [0.5, 0.6) is 0 Å². The molecule has 146 valence electrons. The van der Waals surface area contributed by atoms with Crippen LogP contribution in [0.1, 0.15) is 33.1 Å². The fourth-order valence-electron chi connectivity index (χ4n) is 3.95. The van der Waals surface area contributed by atoms with Gasteiger partial charge >= 0.3 is 0 Å². The third-order valence-corrected chi connectivity index (χ3v) is 5.50. The number of fused-ring (bicyclic) bond motifs is 1. The molecule has 1 heterocycles. The molecule has 1 atom stereocenters. The van der Waals surface area contributed by atoms with Gasteiger partial charge in [-0.25, -0.2) is 0 Å². The first-order valence-electron chi connectivity index (χ1n) is 9.52. The predicted molar refractivity (Wildman–Crippen MR) is 115 cm³/mol. The highest BCUT2D eigenvalue weighted by Gasteiger charge is 2.40. The summed E-state index contributed by atoms with van der Waals surface area (Å²) in [5.41, 5.74) is 11.0. The van der Waals surface area contributed by atoms with Gasteiger partial charge in [0.25, 0.3) is 5.91 Å². The molecule has 1 aliphatic rings. The summed E-state index contributed by atoms with van der Waals surface area (Å²) in [5.74, 6) is -0.233. The second-order valence-electron chi connectivity index (χ2n) is 7.12. The molecule has 4 nitrogen and oxygen atoms in total. The lowest BCUT2D eigenvalue weighted by Gasteiger charge is -2.24. The van der Waals surface area contributed by atoms with Gasteiger partial charge in [-0.15, -0.1) is 11.6 Å². The number of hydrogen-bond donors (Lipinski definition) is 1. The van der Waals surface area contributed by atoms with Crippen LogP contribution in [0.15, 0.2) is 72.8 Å². The Labute approximate surface area is 174 Å². The van der Waals surface area contributed by atoms with Crippen molar-refractivity contribution in [3.8, 4) is 11.1 Å². The number of carbonyl (C=O) groups excluding carboxylic acids is 2. The Morgan fingerprint density at radius 3 is 2.41 bits per heavy atom. The van der Waals surface area contributed by atoms with Crippen molar-refractivity contribution in [1.29, 1.82) is 0 Å². The maximum Gasteiger partial charge on any atom is 0.255 e. The van der Waals surface area contributed by atoms with Gasteiger partial charge in [-0.2, -0.15) is 0 Å². The summed E-state index contributed by atoms with van der Waals surface area (Å²) in [7, 11) is 0. The minimum Gasteiger partial charge on any atom is -0.368 e. The molecule has 0 aliphatic carbocycles. The van der Waals surface area contributed by atoms with E-state index in [4.69, 9.17) is 17.3 Å². The van der Waals surface area contributed by atoms with Gasteiger partial charge in [0.15, 0.2) is 0 Å². The Morgan fingerprint density at radius 2 is 1.69 bits per heavy atom. The van der Waals surface area contributed by atoms with Crippen LogP contribution in [-0.4, -0.2) is 22.6 Å². The van der Waals surface area contributed by atoms with Gasteiger partial charge in [-0.1, -0.05) is 66.7 Å². The van der Waals surface area contributed by atoms with E-state index in [0.717, 1.165) is 22.3 Å². The van der Waals surface area contributed by atoms with Crippen LogP contribution in [0.4, 0.5) is 0 Å². The highest BCUT2D eigenvalue weighted by Crippen LogP contribution is 2.37. The van der Waals surface area contributed by atoms with Gasteiger partial charge in [0, 0.05) is 18.0 Å². The van der Waals surface area contributed by atoms with Gasteiger partial charge in [0.05, 0.1) is 0 Å². The van der Waals surface area contributed by atoms with Gasteiger partial charge in [-0.3, -0.25) is 9.59 Å². The summed E-state index contributed by atoms with van der Waals surface area (Å²) in [6.45, 7) is 0.303. The molecule has 0 aromatic heterocycles. The van der Waals surface area contributed by atoms with E-state index in [2.05, 4.69) is 0 Å². The minimum absolute atomic E-state index is 0.177. The number of aryl methyl sites for hydroxylation is 1. The van der Waals surface area contributed by atoms with E-state index in [1.54, 1.807) is 11.0 Å². The number of rotatable bonds is 6. The van der Waals surface area contributed by atoms with Gasteiger partial charge in [0.1, 0.15) is 6.04 Å². The molecule has 0 radical (unpaired) electrons. The maximum atomic E-state index is 13.1. The van der Waals surface area contributed by atoms with Crippen molar-refractivity contribution in [2.24, 2.45) is 5.73 Å². The topological polar surface area (TPSA) is 63.4 Å². The lowest BCUT2D eigenvalue weighted by molar-refractivity contribution is -0.122. The average molecular weight is 405 g/mol. The maximum absolute atomic E-state index is 13.1. The summed E-state index contributed by atoms with van der Waals surface area (Å²) < 4.78 is 0. The van der Waals surface area contributed by atoms with Gasteiger partial charge < -0.3 is 10.6 Å². The largest absolute Gasteiger partial charge is 0.368 e. The van der Waals surface area contributed by atoms with Crippen LogP contribution in [-0.2, 0) is 17.8 Å². The molecule has 5 heteroatoms. The van der Waals surface area contributed by atoms with E-state index in [9.17, 15) is 9.59 Å². The smallest absolute Gasteiger partial charge is 0.255 e. The number of alkyl halides is 1. The minimum atomic E-state index is -0.781. The number of hydrogen-bond acceptors (Lipinski definition) is 2. The number of carbonyl (C=O) groups is 2. The van der Waals surface area contributed by atoms with Crippen LogP contribution in [0.2, 0.25) is 0 Å². The quantitative estimate of drug-likeness (QED) is 0.622. The Balaban J connectivity index is 1.73. The standard InChI is InChI=1S/C24H21ClN2O2/c25-13-12-16-10-11-20-21(14-16)22(23(26)28)27(24(20)29)15-18-8-4-5-9-19(18)17-6-2-1-3-7-17/h1-11,14,22H,12-13,15H2,(H2,26,28). The zero-order valence-electron chi connectivity index (χ0n) is 15.8. The molecule has 0 fully saturated rings. The van der Waals surface area contributed by atoms with Gasteiger partial charge in [0.2, 0.25) is 5.91 Å². The molecule has 4 rings (SSSR count). The first-order chi connectivity index (χ1) is 14.1. The van der Waals surface area contributed by atoms with Crippen LogP contribution >= 0.6 is 11.6 Å². The molecule has 0 saturated heterocycles. The Kier molecular flexibility index (Phi) is 5.36. The molecule has 3 aromatic carbocycles. The fourth-order valence-corrected chi connectivity index (χ4v) is 4.17. The normalized spacial score (nSPS) is 15.4. The number of benzene rings is 3. The first-order valence-corrected chi connectivity index (χ1v) is 10.1. The van der Waals surface area contributed by atoms with Crippen LogP contribution in [0.25, 0.3) is 11.1 Å². The van der Waals surface area contributed by atoms with Crippen LogP contribution in [0.3, 0.4) is 0 Å². The molecule has 0 bridgehead atoms. The third-order valence-electron chi connectivity index (χ3n) is 5.31. The molecular formula is C24H21ClN2O2. The number of nitrogens with zero attached hydrogens (tertiary/aromatic N) is 1. The summed E-state index contributed by atoms with van der Waals surface area (Å²) in [6, 6.07) is 22.7. The zero-order valence-corrected chi connectivity index (χ0v) is 16.6. The van der Waals surface area contributed by atoms with Crippen molar-refractivity contribution in [2.75, 3.05) is 5.88 Å². The lowest BCUT2D eigenvalue weighted by atomic mass is 9.98. The molecule has 1 unspecified atom stereocenters. The van der Waals surface area contributed by atoms with Crippen LogP contribution in [0, 0.1) is 0 Å². The van der Waals surface area contributed by atoms with Crippen molar-refractivity contribution in [3.05, 3.63) is 95.1 Å². The summed E-state index contributed by atoms with van der Waals surface area (Å²) in [4.78, 5) is 27.0. The van der Waals surface area contributed by atoms with Crippen molar-refractivity contribution >= 4 is 23.4 Å². The van der Waals surface area contributed by atoms with E-state index in [-0.39, 0.29) is 5.91 Å². The van der Waals surface area contributed by atoms with Crippen LogP contribution < -0.4 is 5.73 Å². The molecule has 1 aliphatic heterocycles. The molecule has 2 amide bonds. The molecular weight excluding hydrogens is 384 g/mol. The number of halogens is 1. The second-order valence-corrected chi connectivity index (χ2v) is 7.50. The summed E-state index contributed by atoms with van der Waals surface area (Å²) >= 11 is 5.86. The molecule has 3 aromatic rings.